The zero-order chi connectivity index (χ0) is 13.1. The Morgan fingerprint density at radius 2 is 2.00 bits per heavy atom. The lowest BCUT2D eigenvalue weighted by Crippen LogP contribution is -1.99. The molecule has 2 aromatic rings. The van der Waals surface area contributed by atoms with Crippen molar-refractivity contribution in [1.82, 2.24) is 9.97 Å². The van der Waals surface area contributed by atoms with Gasteiger partial charge in [-0.15, -0.1) is 0 Å². The smallest absolute Gasteiger partial charge is 0.193 e. The van der Waals surface area contributed by atoms with Crippen molar-refractivity contribution in [3.63, 3.8) is 0 Å². The van der Waals surface area contributed by atoms with Gasteiger partial charge < -0.3 is 10.5 Å². The number of nitrogens with zero attached hydrogens (tertiary/aromatic N) is 2. The Bertz CT molecular complexity index is 572. The molecule has 0 aliphatic rings. The summed E-state index contributed by atoms with van der Waals surface area (Å²) in [6, 6.07) is 6.29. The Labute approximate surface area is 111 Å². The van der Waals surface area contributed by atoms with E-state index in [2.05, 4.69) is 42.0 Å². The van der Waals surface area contributed by atoms with E-state index in [1.165, 1.54) is 29.2 Å². The van der Waals surface area contributed by atoms with Gasteiger partial charge in [0.15, 0.2) is 11.6 Å². The van der Waals surface area contributed by atoms with Crippen LogP contribution in [0, 0.1) is 13.8 Å². The van der Waals surface area contributed by atoms with Gasteiger partial charge in [0.1, 0.15) is 11.4 Å². The SMILES string of the molecule is COc1c(N)ncnc1Sc1ccc(C)cc1C. The number of ether oxygens (including phenoxy) is 1. The van der Waals surface area contributed by atoms with Gasteiger partial charge >= 0.3 is 0 Å². The molecular formula is C13H15N3OS. The third kappa shape index (κ3) is 2.56. The number of methoxy groups -OCH3 is 1. The van der Waals surface area contributed by atoms with Gasteiger partial charge in [0, 0.05) is 4.90 Å². The molecule has 0 bridgehead atoms. The fourth-order valence-corrected chi connectivity index (χ4v) is 2.60. The highest BCUT2D eigenvalue weighted by molar-refractivity contribution is 7.99. The number of rotatable bonds is 3. The fourth-order valence-electron chi connectivity index (χ4n) is 1.65. The van der Waals surface area contributed by atoms with Crippen LogP contribution in [0.5, 0.6) is 5.75 Å². The molecule has 5 heteroatoms. The van der Waals surface area contributed by atoms with Crippen molar-refractivity contribution < 1.29 is 4.74 Å². The van der Waals surface area contributed by atoms with E-state index in [4.69, 9.17) is 10.5 Å². The molecule has 0 saturated heterocycles. The van der Waals surface area contributed by atoms with E-state index in [9.17, 15) is 0 Å². The molecule has 0 radical (unpaired) electrons. The second-order valence-electron chi connectivity index (χ2n) is 3.97. The Hall–Kier alpha value is -1.75. The molecule has 0 aliphatic carbocycles. The van der Waals surface area contributed by atoms with Crippen LogP contribution in [0.2, 0.25) is 0 Å². The van der Waals surface area contributed by atoms with Crippen molar-refractivity contribution in [2.75, 3.05) is 12.8 Å². The van der Waals surface area contributed by atoms with E-state index >= 15 is 0 Å². The third-order valence-corrected chi connectivity index (χ3v) is 3.70. The van der Waals surface area contributed by atoms with Gasteiger partial charge in [-0.1, -0.05) is 29.5 Å². The molecule has 4 nitrogen and oxygen atoms in total. The molecular weight excluding hydrogens is 246 g/mol. The molecule has 2 rings (SSSR count). The van der Waals surface area contributed by atoms with Gasteiger partial charge in [-0.25, -0.2) is 9.97 Å². The number of nitrogens with two attached hydrogens (primary N) is 1. The summed E-state index contributed by atoms with van der Waals surface area (Å²) in [6.07, 6.45) is 1.45. The minimum Gasteiger partial charge on any atom is -0.490 e. The third-order valence-electron chi connectivity index (χ3n) is 2.54. The Balaban J connectivity index is 2.37. The number of hydrogen-bond acceptors (Lipinski definition) is 5. The molecule has 1 heterocycles. The summed E-state index contributed by atoms with van der Waals surface area (Å²) < 4.78 is 5.24. The van der Waals surface area contributed by atoms with Crippen molar-refractivity contribution >= 4 is 17.6 Å². The van der Waals surface area contributed by atoms with Crippen LogP contribution in [0.25, 0.3) is 0 Å². The summed E-state index contributed by atoms with van der Waals surface area (Å²) in [6.45, 7) is 4.15. The highest BCUT2D eigenvalue weighted by atomic mass is 32.2. The zero-order valence-corrected chi connectivity index (χ0v) is 11.4. The number of anilines is 1. The number of aryl methyl sites for hydroxylation is 2. The van der Waals surface area contributed by atoms with Crippen molar-refractivity contribution in [2.45, 2.75) is 23.8 Å². The lowest BCUT2D eigenvalue weighted by atomic mass is 10.2. The highest BCUT2D eigenvalue weighted by Crippen LogP contribution is 2.36. The molecule has 0 spiro atoms. The fraction of sp³-hybridized carbons (Fsp3) is 0.231. The van der Waals surface area contributed by atoms with E-state index in [0.717, 1.165) is 9.92 Å². The van der Waals surface area contributed by atoms with Gasteiger partial charge in [-0.05, 0) is 25.5 Å². The summed E-state index contributed by atoms with van der Waals surface area (Å²) in [5, 5.41) is 0.733. The molecule has 2 N–H and O–H groups in total. The van der Waals surface area contributed by atoms with Gasteiger partial charge in [0.05, 0.1) is 7.11 Å². The van der Waals surface area contributed by atoms with E-state index < -0.39 is 0 Å². The molecule has 1 aromatic carbocycles. The van der Waals surface area contributed by atoms with Crippen LogP contribution in [-0.2, 0) is 0 Å². The minimum atomic E-state index is 0.361. The number of hydrogen-bond donors (Lipinski definition) is 1. The molecule has 18 heavy (non-hydrogen) atoms. The first-order chi connectivity index (χ1) is 8.61. The predicted octanol–water partition coefficient (Wildman–Crippen LogP) is 2.84. The van der Waals surface area contributed by atoms with Gasteiger partial charge in [-0.2, -0.15) is 0 Å². The van der Waals surface area contributed by atoms with Crippen LogP contribution in [0.15, 0.2) is 34.4 Å². The number of nitrogen functional groups attached to an aromatic ring is 1. The summed E-state index contributed by atoms with van der Waals surface area (Å²) in [7, 11) is 1.57. The van der Waals surface area contributed by atoms with Crippen LogP contribution in [-0.4, -0.2) is 17.1 Å². The van der Waals surface area contributed by atoms with E-state index in [1.54, 1.807) is 7.11 Å². The summed E-state index contributed by atoms with van der Waals surface area (Å²) in [4.78, 5) is 9.27. The first-order valence-electron chi connectivity index (χ1n) is 5.51. The Kier molecular flexibility index (Phi) is 3.72. The molecule has 0 amide bonds. The monoisotopic (exact) mass is 261 g/mol. The highest BCUT2D eigenvalue weighted by Gasteiger charge is 2.12. The summed E-state index contributed by atoms with van der Waals surface area (Å²) >= 11 is 1.53. The van der Waals surface area contributed by atoms with Crippen LogP contribution >= 0.6 is 11.8 Å². The quantitative estimate of drug-likeness (QED) is 0.861. The van der Waals surface area contributed by atoms with Crippen LogP contribution in [0.4, 0.5) is 5.82 Å². The maximum atomic E-state index is 5.76. The maximum Gasteiger partial charge on any atom is 0.193 e. The predicted molar refractivity (Wildman–Crippen MR) is 73.0 cm³/mol. The second kappa shape index (κ2) is 5.27. The maximum absolute atomic E-state index is 5.76. The molecule has 0 saturated carbocycles. The van der Waals surface area contributed by atoms with E-state index in [1.807, 2.05) is 0 Å². The standard InChI is InChI=1S/C13H15N3OS/c1-8-4-5-10(9(2)6-8)18-13-11(17-3)12(14)15-7-16-13/h4-7H,1-3H3,(H2,14,15,16). The normalized spacial score (nSPS) is 10.4. The van der Waals surface area contributed by atoms with Crippen molar-refractivity contribution in [1.29, 1.82) is 0 Å². The molecule has 0 aliphatic heterocycles. The average Bonchev–Trinajstić information content (AvgIpc) is 2.33. The summed E-state index contributed by atoms with van der Waals surface area (Å²) in [5.74, 6) is 0.891. The Morgan fingerprint density at radius 3 is 2.67 bits per heavy atom. The van der Waals surface area contributed by atoms with Crippen LogP contribution in [0.3, 0.4) is 0 Å². The first kappa shape index (κ1) is 12.7. The van der Waals surface area contributed by atoms with Crippen molar-refractivity contribution in [3.05, 3.63) is 35.7 Å². The molecule has 0 unspecified atom stereocenters. The minimum absolute atomic E-state index is 0.361. The van der Waals surface area contributed by atoms with E-state index in [0.29, 0.717) is 11.6 Å². The summed E-state index contributed by atoms with van der Waals surface area (Å²) in [5.41, 5.74) is 8.21. The first-order valence-corrected chi connectivity index (χ1v) is 6.33. The average molecular weight is 261 g/mol. The van der Waals surface area contributed by atoms with Gasteiger partial charge in [0.2, 0.25) is 0 Å². The topological polar surface area (TPSA) is 61.0 Å². The number of benzene rings is 1. The zero-order valence-electron chi connectivity index (χ0n) is 10.6. The van der Waals surface area contributed by atoms with Crippen LogP contribution in [0.1, 0.15) is 11.1 Å². The van der Waals surface area contributed by atoms with Gasteiger partial charge in [0.25, 0.3) is 0 Å². The van der Waals surface area contributed by atoms with Crippen molar-refractivity contribution in [3.8, 4) is 5.75 Å². The Morgan fingerprint density at radius 1 is 1.22 bits per heavy atom. The van der Waals surface area contributed by atoms with Gasteiger partial charge in [-0.3, -0.25) is 0 Å². The molecule has 1 aromatic heterocycles. The molecule has 0 fully saturated rings. The number of aromatic nitrogens is 2. The second-order valence-corrected chi connectivity index (χ2v) is 5.00. The van der Waals surface area contributed by atoms with Crippen LogP contribution < -0.4 is 10.5 Å². The van der Waals surface area contributed by atoms with Crippen molar-refractivity contribution in [2.24, 2.45) is 0 Å². The lowest BCUT2D eigenvalue weighted by molar-refractivity contribution is 0.401. The lowest BCUT2D eigenvalue weighted by Gasteiger charge is -2.10. The molecule has 0 atom stereocenters. The largest absolute Gasteiger partial charge is 0.490 e. The van der Waals surface area contributed by atoms with E-state index in [-0.39, 0.29) is 0 Å². The molecule has 94 valence electrons.